The number of hydrogen-bond donors (Lipinski definition) is 6. The molecular formula is C78H149NO8. The van der Waals surface area contributed by atoms with Crippen molar-refractivity contribution in [2.45, 2.75) is 442 Å². The maximum absolute atomic E-state index is 13.2. The summed E-state index contributed by atoms with van der Waals surface area (Å²) in [4.78, 5) is 13.2. The van der Waals surface area contributed by atoms with Gasteiger partial charge in [0.05, 0.1) is 25.4 Å². The van der Waals surface area contributed by atoms with Crippen LogP contribution in [-0.4, -0.2) is 87.5 Å². The molecule has 1 saturated heterocycles. The van der Waals surface area contributed by atoms with Crippen LogP contribution in [-0.2, 0) is 14.3 Å². The predicted molar refractivity (Wildman–Crippen MR) is 373 cm³/mol. The second-order valence-corrected chi connectivity index (χ2v) is 27.2. The molecule has 1 aliphatic rings. The molecule has 0 radical (unpaired) electrons. The van der Waals surface area contributed by atoms with E-state index < -0.39 is 49.5 Å². The third kappa shape index (κ3) is 55.7. The van der Waals surface area contributed by atoms with Crippen LogP contribution < -0.4 is 5.32 Å². The van der Waals surface area contributed by atoms with Crippen LogP contribution >= 0.6 is 0 Å². The second kappa shape index (κ2) is 67.3. The molecule has 514 valence electrons. The zero-order chi connectivity index (χ0) is 62.8. The van der Waals surface area contributed by atoms with E-state index in [4.69, 9.17) is 9.47 Å². The summed E-state index contributed by atoms with van der Waals surface area (Å²) >= 11 is 0. The van der Waals surface area contributed by atoms with Crippen LogP contribution in [0.25, 0.3) is 0 Å². The minimum atomic E-state index is -1.55. The summed E-state index contributed by atoms with van der Waals surface area (Å²) in [6.07, 6.45) is 83.8. The Morgan fingerprint density at radius 1 is 0.391 bits per heavy atom. The Morgan fingerprint density at radius 3 is 1.00 bits per heavy atom. The number of aliphatic hydroxyl groups excluding tert-OH is 5. The Labute approximate surface area is 540 Å². The lowest BCUT2D eigenvalue weighted by Crippen LogP contribution is -2.60. The highest BCUT2D eigenvalue weighted by Crippen LogP contribution is 2.24. The monoisotopic (exact) mass is 1230 g/mol. The molecule has 0 bridgehead atoms. The van der Waals surface area contributed by atoms with Crippen molar-refractivity contribution in [1.82, 2.24) is 5.32 Å². The number of amides is 1. The van der Waals surface area contributed by atoms with Gasteiger partial charge in [-0.3, -0.25) is 4.79 Å². The van der Waals surface area contributed by atoms with Crippen molar-refractivity contribution in [1.29, 1.82) is 0 Å². The normalized spacial score (nSPS) is 18.1. The van der Waals surface area contributed by atoms with Gasteiger partial charge in [0.15, 0.2) is 6.29 Å². The van der Waals surface area contributed by atoms with Gasteiger partial charge in [-0.15, -0.1) is 0 Å². The number of hydrogen-bond acceptors (Lipinski definition) is 8. The number of nitrogens with one attached hydrogen (secondary N) is 1. The van der Waals surface area contributed by atoms with Crippen molar-refractivity contribution in [3.8, 4) is 0 Å². The highest BCUT2D eigenvalue weighted by atomic mass is 16.7. The fraction of sp³-hybridized carbons (Fsp3) is 0.910. The summed E-state index contributed by atoms with van der Waals surface area (Å²) in [5.41, 5.74) is 0. The van der Waals surface area contributed by atoms with Gasteiger partial charge < -0.3 is 40.3 Å². The van der Waals surface area contributed by atoms with Crippen molar-refractivity contribution >= 4 is 5.91 Å². The minimum Gasteiger partial charge on any atom is -0.394 e. The zero-order valence-electron chi connectivity index (χ0n) is 57.8. The number of rotatable bonds is 69. The van der Waals surface area contributed by atoms with Gasteiger partial charge >= 0.3 is 0 Å². The van der Waals surface area contributed by atoms with Gasteiger partial charge in [0, 0.05) is 6.42 Å². The molecule has 0 aromatic rings. The van der Waals surface area contributed by atoms with E-state index in [2.05, 4.69) is 55.6 Å². The molecule has 0 aromatic heterocycles. The molecule has 7 unspecified atom stereocenters. The molecule has 1 heterocycles. The van der Waals surface area contributed by atoms with E-state index in [1.807, 2.05) is 0 Å². The van der Waals surface area contributed by atoms with Gasteiger partial charge in [-0.05, 0) is 51.4 Å². The summed E-state index contributed by atoms with van der Waals surface area (Å²) in [7, 11) is 0. The largest absolute Gasteiger partial charge is 0.394 e. The Kier molecular flexibility index (Phi) is 64.5. The summed E-state index contributed by atoms with van der Waals surface area (Å²) in [6.45, 7) is 3.89. The van der Waals surface area contributed by atoms with Gasteiger partial charge in [-0.2, -0.15) is 0 Å². The predicted octanol–water partition coefficient (Wildman–Crippen LogP) is 21.8. The topological polar surface area (TPSA) is 149 Å². The lowest BCUT2D eigenvalue weighted by atomic mass is 9.99. The molecule has 9 nitrogen and oxygen atoms in total. The van der Waals surface area contributed by atoms with E-state index in [1.54, 1.807) is 0 Å². The molecular weight excluding hydrogens is 1080 g/mol. The third-order valence-corrected chi connectivity index (χ3v) is 18.7. The number of carbonyl (C=O) groups is 1. The molecule has 9 heteroatoms. The molecule has 1 rings (SSSR count). The van der Waals surface area contributed by atoms with Crippen LogP contribution in [0.2, 0.25) is 0 Å². The zero-order valence-corrected chi connectivity index (χ0v) is 57.8. The quantitative estimate of drug-likeness (QED) is 0.0261. The SMILES string of the molecule is CCCCCCC/C=C\C/C=C\C/C=C\CCCCCCCCCCCCCCCCCCCCCCC(=O)NC(COC1OC(CO)C(O)C(O)C1O)C(O)CCCCCCCCCCCCCCCCCCCCCCCCCCCCCCC. The maximum atomic E-state index is 13.2. The van der Waals surface area contributed by atoms with Crippen molar-refractivity contribution in [3.63, 3.8) is 0 Å². The number of ether oxygens (including phenoxy) is 2. The van der Waals surface area contributed by atoms with E-state index in [-0.39, 0.29) is 12.5 Å². The average molecular weight is 1230 g/mol. The summed E-state index contributed by atoms with van der Waals surface area (Å²) in [6, 6.07) is -0.720. The maximum Gasteiger partial charge on any atom is 0.220 e. The Morgan fingerprint density at radius 2 is 0.678 bits per heavy atom. The highest BCUT2D eigenvalue weighted by molar-refractivity contribution is 5.76. The van der Waals surface area contributed by atoms with Crippen molar-refractivity contribution < 1.29 is 39.8 Å². The van der Waals surface area contributed by atoms with Crippen molar-refractivity contribution in [3.05, 3.63) is 36.5 Å². The first-order valence-corrected chi connectivity index (χ1v) is 38.7. The lowest BCUT2D eigenvalue weighted by molar-refractivity contribution is -0.302. The molecule has 0 aromatic carbocycles. The van der Waals surface area contributed by atoms with Crippen molar-refractivity contribution in [2.24, 2.45) is 0 Å². The summed E-state index contributed by atoms with van der Waals surface area (Å²) in [5, 5.41) is 55.1. The number of carbonyl (C=O) groups excluding carboxylic acids is 1. The molecule has 1 fully saturated rings. The Hall–Kier alpha value is -1.59. The van der Waals surface area contributed by atoms with E-state index in [9.17, 15) is 30.3 Å². The Balaban J connectivity index is 2.06. The molecule has 1 aliphatic heterocycles. The summed E-state index contributed by atoms with van der Waals surface area (Å²) < 4.78 is 11.4. The van der Waals surface area contributed by atoms with E-state index in [0.717, 1.165) is 51.4 Å². The molecule has 0 aliphatic carbocycles. The first-order valence-electron chi connectivity index (χ1n) is 38.7. The number of unbranched alkanes of at least 4 members (excludes halogenated alkanes) is 53. The molecule has 1 amide bonds. The van der Waals surface area contributed by atoms with E-state index in [1.165, 1.54) is 321 Å². The van der Waals surface area contributed by atoms with Crippen LogP contribution in [0, 0.1) is 0 Å². The first-order chi connectivity index (χ1) is 42.8. The second-order valence-electron chi connectivity index (χ2n) is 27.2. The fourth-order valence-electron chi connectivity index (χ4n) is 12.7. The average Bonchev–Trinajstić information content (AvgIpc) is 3.47. The number of aliphatic hydroxyl groups is 5. The van der Waals surface area contributed by atoms with Gasteiger partial charge in [-0.1, -0.05) is 378 Å². The third-order valence-electron chi connectivity index (χ3n) is 18.7. The van der Waals surface area contributed by atoms with Crippen LogP contribution in [0.15, 0.2) is 36.5 Å². The summed E-state index contributed by atoms with van der Waals surface area (Å²) in [5.74, 6) is -0.135. The van der Waals surface area contributed by atoms with Gasteiger partial charge in [-0.25, -0.2) is 0 Å². The lowest BCUT2D eigenvalue weighted by Gasteiger charge is -2.40. The molecule has 0 spiro atoms. The Bertz CT molecular complexity index is 1470. The van der Waals surface area contributed by atoms with E-state index >= 15 is 0 Å². The smallest absolute Gasteiger partial charge is 0.220 e. The number of allylic oxidation sites excluding steroid dienone is 6. The van der Waals surface area contributed by atoms with Gasteiger partial charge in [0.1, 0.15) is 24.4 Å². The van der Waals surface area contributed by atoms with Gasteiger partial charge in [0.2, 0.25) is 5.91 Å². The van der Waals surface area contributed by atoms with Crippen LogP contribution in [0.4, 0.5) is 0 Å². The van der Waals surface area contributed by atoms with Crippen LogP contribution in [0.3, 0.4) is 0 Å². The molecule has 6 N–H and O–H groups in total. The highest BCUT2D eigenvalue weighted by Gasteiger charge is 2.44. The van der Waals surface area contributed by atoms with Crippen molar-refractivity contribution in [2.75, 3.05) is 13.2 Å². The standard InChI is InChI=1S/C78H149NO8/c1-3-5-7-9-11-13-15-17-19-21-23-25-27-29-31-33-34-35-36-37-38-40-42-44-46-48-50-52-54-56-58-60-62-64-66-68-74(82)79-71(70-86-78-77(85)76(84)75(83)73(69-80)87-78)72(81)67-65-63-61-59-57-55-53-51-49-47-45-43-41-39-32-30-28-26-24-22-20-18-16-14-12-10-8-6-4-2/h15,17,21,23,27,29,71-73,75-78,80-81,83-85H,3-14,16,18-20,22,24-26,28,30-70H2,1-2H3,(H,79,82)/b17-15-,23-21-,29-27-. The fourth-order valence-corrected chi connectivity index (χ4v) is 12.7. The molecule has 87 heavy (non-hydrogen) atoms. The first kappa shape index (κ1) is 83.4. The van der Waals surface area contributed by atoms with E-state index in [0.29, 0.717) is 12.8 Å². The van der Waals surface area contributed by atoms with Crippen LogP contribution in [0.5, 0.6) is 0 Å². The van der Waals surface area contributed by atoms with Crippen LogP contribution in [0.1, 0.15) is 399 Å². The molecule has 7 atom stereocenters. The molecule has 0 saturated carbocycles. The minimum absolute atomic E-state index is 0.133. The van der Waals surface area contributed by atoms with Gasteiger partial charge in [0.25, 0.3) is 0 Å².